The number of piperazine rings is 1. The fourth-order valence-electron chi connectivity index (χ4n) is 2.22. The van der Waals surface area contributed by atoms with E-state index in [1.807, 2.05) is 6.92 Å². The maximum absolute atomic E-state index is 13.6. The zero-order chi connectivity index (χ0) is 13.8. The molecule has 1 aromatic rings. The lowest BCUT2D eigenvalue weighted by Crippen LogP contribution is -2.57. The summed E-state index contributed by atoms with van der Waals surface area (Å²) in [5, 5.41) is 2.67. The number of carbonyl (C=O) groups excluding carboxylic acids is 2. The molecule has 1 N–H and O–H groups in total. The van der Waals surface area contributed by atoms with Crippen LogP contribution in [0.1, 0.15) is 25.3 Å². The summed E-state index contributed by atoms with van der Waals surface area (Å²) in [6.07, 6.45) is 1.42. The zero-order valence-electron chi connectivity index (χ0n) is 10.9. The summed E-state index contributed by atoms with van der Waals surface area (Å²) in [7, 11) is 0. The van der Waals surface area contributed by atoms with Gasteiger partial charge in [0.15, 0.2) is 0 Å². The summed E-state index contributed by atoms with van der Waals surface area (Å²) in [6, 6.07) is 5.83. The van der Waals surface area contributed by atoms with Crippen molar-refractivity contribution in [3.05, 3.63) is 35.6 Å². The Labute approximate surface area is 111 Å². The monoisotopic (exact) mass is 264 g/mol. The Morgan fingerprint density at radius 3 is 2.79 bits per heavy atom. The molecular weight excluding hydrogens is 247 g/mol. The minimum Gasteiger partial charge on any atom is -0.343 e. The van der Waals surface area contributed by atoms with Crippen LogP contribution in [0, 0.1) is 5.82 Å². The van der Waals surface area contributed by atoms with Crippen LogP contribution in [-0.2, 0) is 16.1 Å². The summed E-state index contributed by atoms with van der Waals surface area (Å²) in [5.74, 6) is -0.674. The van der Waals surface area contributed by atoms with E-state index in [0.717, 1.165) is 6.42 Å². The first-order valence-electron chi connectivity index (χ1n) is 6.43. The number of rotatable bonds is 4. The summed E-state index contributed by atoms with van der Waals surface area (Å²) in [4.78, 5) is 25.2. The maximum Gasteiger partial charge on any atom is 0.245 e. The topological polar surface area (TPSA) is 49.4 Å². The van der Waals surface area contributed by atoms with E-state index in [9.17, 15) is 14.0 Å². The molecule has 1 saturated heterocycles. The number of halogens is 1. The van der Waals surface area contributed by atoms with Crippen molar-refractivity contribution >= 4 is 11.8 Å². The third-order valence-corrected chi connectivity index (χ3v) is 3.18. The fraction of sp³-hybridized carbons (Fsp3) is 0.429. The SMILES string of the molecule is CCCC1NC(=O)CN(Cc2ccccc2F)C1=O. The molecule has 1 heterocycles. The molecule has 0 saturated carbocycles. The molecule has 1 fully saturated rings. The van der Waals surface area contributed by atoms with E-state index in [0.29, 0.717) is 12.0 Å². The number of hydrogen-bond donors (Lipinski definition) is 1. The van der Waals surface area contributed by atoms with Gasteiger partial charge in [-0.3, -0.25) is 9.59 Å². The van der Waals surface area contributed by atoms with Crippen LogP contribution in [0.25, 0.3) is 0 Å². The Morgan fingerprint density at radius 2 is 2.11 bits per heavy atom. The zero-order valence-corrected chi connectivity index (χ0v) is 10.9. The van der Waals surface area contributed by atoms with Gasteiger partial charge >= 0.3 is 0 Å². The van der Waals surface area contributed by atoms with Gasteiger partial charge in [0.05, 0.1) is 6.54 Å². The number of benzene rings is 1. The molecule has 0 aromatic heterocycles. The number of amides is 2. The van der Waals surface area contributed by atoms with Gasteiger partial charge in [0, 0.05) is 12.1 Å². The molecule has 0 bridgehead atoms. The van der Waals surface area contributed by atoms with Crippen LogP contribution in [0.5, 0.6) is 0 Å². The Balaban J connectivity index is 2.12. The van der Waals surface area contributed by atoms with E-state index < -0.39 is 6.04 Å². The van der Waals surface area contributed by atoms with Crippen LogP contribution in [0.15, 0.2) is 24.3 Å². The molecule has 0 spiro atoms. The van der Waals surface area contributed by atoms with E-state index in [-0.39, 0.29) is 30.7 Å². The lowest BCUT2D eigenvalue weighted by Gasteiger charge is -2.32. The first-order valence-corrected chi connectivity index (χ1v) is 6.43. The van der Waals surface area contributed by atoms with Gasteiger partial charge in [-0.2, -0.15) is 0 Å². The third kappa shape index (κ3) is 3.10. The number of nitrogens with zero attached hydrogens (tertiary/aromatic N) is 1. The normalized spacial score (nSPS) is 19.5. The second-order valence-corrected chi connectivity index (χ2v) is 4.69. The Morgan fingerprint density at radius 1 is 1.37 bits per heavy atom. The maximum atomic E-state index is 13.6. The minimum atomic E-state index is -0.474. The molecule has 2 amide bonds. The first-order chi connectivity index (χ1) is 9.11. The molecule has 0 radical (unpaired) electrons. The smallest absolute Gasteiger partial charge is 0.245 e. The predicted octanol–water partition coefficient (Wildman–Crippen LogP) is 1.45. The molecule has 2 rings (SSSR count). The van der Waals surface area contributed by atoms with Crippen molar-refractivity contribution < 1.29 is 14.0 Å². The summed E-state index contributed by atoms with van der Waals surface area (Å²) in [6.45, 7) is 2.09. The second-order valence-electron chi connectivity index (χ2n) is 4.69. The molecule has 1 atom stereocenters. The van der Waals surface area contributed by atoms with Crippen LogP contribution in [0.3, 0.4) is 0 Å². The highest BCUT2D eigenvalue weighted by molar-refractivity contribution is 5.94. The van der Waals surface area contributed by atoms with E-state index in [1.165, 1.54) is 11.0 Å². The van der Waals surface area contributed by atoms with Crippen LogP contribution in [0.4, 0.5) is 4.39 Å². The van der Waals surface area contributed by atoms with Crippen molar-refractivity contribution in [1.82, 2.24) is 10.2 Å². The highest BCUT2D eigenvalue weighted by atomic mass is 19.1. The predicted molar refractivity (Wildman–Crippen MR) is 68.7 cm³/mol. The van der Waals surface area contributed by atoms with Crippen LogP contribution < -0.4 is 5.32 Å². The lowest BCUT2D eigenvalue weighted by molar-refractivity contribution is -0.145. The molecular formula is C14H17FN2O2. The van der Waals surface area contributed by atoms with Crippen LogP contribution in [0.2, 0.25) is 0 Å². The van der Waals surface area contributed by atoms with Gasteiger partial charge in [-0.05, 0) is 12.5 Å². The molecule has 1 aliphatic heterocycles. The van der Waals surface area contributed by atoms with Crippen molar-refractivity contribution in [2.24, 2.45) is 0 Å². The standard InChI is InChI=1S/C14H17FN2O2/c1-2-5-12-14(19)17(9-13(18)16-12)8-10-6-3-4-7-11(10)15/h3-4,6-7,12H,2,5,8-9H2,1H3,(H,16,18). The van der Waals surface area contributed by atoms with Crippen molar-refractivity contribution in [1.29, 1.82) is 0 Å². The minimum absolute atomic E-state index is 0.00657. The highest BCUT2D eigenvalue weighted by Gasteiger charge is 2.32. The Bertz CT molecular complexity index is 490. The summed E-state index contributed by atoms with van der Waals surface area (Å²) in [5.41, 5.74) is 0.431. The molecule has 4 nitrogen and oxygen atoms in total. The van der Waals surface area contributed by atoms with E-state index >= 15 is 0 Å². The molecule has 1 aliphatic rings. The second kappa shape index (κ2) is 5.82. The van der Waals surface area contributed by atoms with Gasteiger partial charge in [0.25, 0.3) is 0 Å². The lowest BCUT2D eigenvalue weighted by atomic mass is 10.1. The van der Waals surface area contributed by atoms with Crippen molar-refractivity contribution in [3.63, 3.8) is 0 Å². The summed E-state index contributed by atoms with van der Waals surface area (Å²) < 4.78 is 13.6. The highest BCUT2D eigenvalue weighted by Crippen LogP contribution is 2.14. The Kier molecular flexibility index (Phi) is 4.14. The van der Waals surface area contributed by atoms with Gasteiger partial charge in [0.1, 0.15) is 11.9 Å². The first kappa shape index (κ1) is 13.5. The van der Waals surface area contributed by atoms with Crippen molar-refractivity contribution in [2.45, 2.75) is 32.4 Å². The van der Waals surface area contributed by atoms with Gasteiger partial charge < -0.3 is 10.2 Å². The van der Waals surface area contributed by atoms with Gasteiger partial charge in [-0.25, -0.2) is 4.39 Å². The molecule has 1 unspecified atom stereocenters. The average molecular weight is 264 g/mol. The molecule has 19 heavy (non-hydrogen) atoms. The van der Waals surface area contributed by atoms with Gasteiger partial charge in [-0.15, -0.1) is 0 Å². The summed E-state index contributed by atoms with van der Waals surface area (Å²) >= 11 is 0. The van der Waals surface area contributed by atoms with E-state index in [2.05, 4.69) is 5.32 Å². The van der Waals surface area contributed by atoms with E-state index in [4.69, 9.17) is 0 Å². The van der Waals surface area contributed by atoms with Crippen molar-refractivity contribution in [2.75, 3.05) is 6.54 Å². The number of nitrogens with one attached hydrogen (secondary N) is 1. The third-order valence-electron chi connectivity index (χ3n) is 3.18. The molecule has 1 aromatic carbocycles. The van der Waals surface area contributed by atoms with E-state index in [1.54, 1.807) is 18.2 Å². The number of hydrogen-bond acceptors (Lipinski definition) is 2. The van der Waals surface area contributed by atoms with Gasteiger partial charge in [0.2, 0.25) is 11.8 Å². The Hall–Kier alpha value is -1.91. The van der Waals surface area contributed by atoms with Crippen LogP contribution >= 0.6 is 0 Å². The van der Waals surface area contributed by atoms with Crippen LogP contribution in [-0.4, -0.2) is 29.3 Å². The quantitative estimate of drug-likeness (QED) is 0.895. The molecule has 0 aliphatic carbocycles. The average Bonchev–Trinajstić information content (AvgIpc) is 2.38. The van der Waals surface area contributed by atoms with Gasteiger partial charge in [-0.1, -0.05) is 31.5 Å². The largest absolute Gasteiger partial charge is 0.343 e. The fourth-order valence-corrected chi connectivity index (χ4v) is 2.22. The molecule has 5 heteroatoms. The number of carbonyl (C=O) groups is 2. The van der Waals surface area contributed by atoms with Crippen molar-refractivity contribution in [3.8, 4) is 0 Å². The molecule has 102 valence electrons.